The molecule has 0 aliphatic carbocycles. The molecule has 0 spiro atoms. The van der Waals surface area contributed by atoms with Crippen molar-refractivity contribution in [2.75, 3.05) is 25.1 Å². The molecule has 0 bridgehead atoms. The number of ether oxygens (including phenoxy) is 1. The Morgan fingerprint density at radius 3 is 2.73 bits per heavy atom. The number of carbonyl (C=O) groups is 1. The summed E-state index contributed by atoms with van der Waals surface area (Å²) in [6, 6.07) is 16.1. The van der Waals surface area contributed by atoms with Crippen molar-refractivity contribution in [2.45, 2.75) is 32.7 Å². The molecule has 6 nitrogen and oxygen atoms in total. The van der Waals surface area contributed by atoms with Crippen LogP contribution in [-0.2, 0) is 0 Å². The summed E-state index contributed by atoms with van der Waals surface area (Å²) in [5.74, 6) is 1.74. The van der Waals surface area contributed by atoms with Crippen LogP contribution < -0.4 is 15.0 Å². The SMILES string of the molecule is COc1ccc(-c2cc(N3CCC[C@@H](NC(=O)c4cc(C)ccc4C)C3)n[nH]2)cc1. The molecule has 30 heavy (non-hydrogen) atoms. The van der Waals surface area contributed by atoms with E-state index in [1.807, 2.05) is 56.3 Å². The molecule has 3 aromatic rings. The van der Waals surface area contributed by atoms with Gasteiger partial charge in [-0.3, -0.25) is 9.89 Å². The highest BCUT2D eigenvalue weighted by Crippen LogP contribution is 2.26. The van der Waals surface area contributed by atoms with E-state index in [2.05, 4.69) is 26.5 Å². The minimum Gasteiger partial charge on any atom is -0.497 e. The first kappa shape index (κ1) is 20.0. The van der Waals surface area contributed by atoms with Crippen LogP contribution in [0.1, 0.15) is 34.3 Å². The molecule has 1 amide bonds. The van der Waals surface area contributed by atoms with Crippen molar-refractivity contribution in [3.05, 3.63) is 65.2 Å². The van der Waals surface area contributed by atoms with Crippen LogP contribution in [0.2, 0.25) is 0 Å². The van der Waals surface area contributed by atoms with Gasteiger partial charge in [0.2, 0.25) is 0 Å². The number of nitrogens with zero attached hydrogens (tertiary/aromatic N) is 2. The smallest absolute Gasteiger partial charge is 0.251 e. The summed E-state index contributed by atoms with van der Waals surface area (Å²) in [5, 5.41) is 10.9. The number of anilines is 1. The first-order valence-corrected chi connectivity index (χ1v) is 10.4. The lowest BCUT2D eigenvalue weighted by Crippen LogP contribution is -2.48. The highest BCUT2D eigenvalue weighted by molar-refractivity contribution is 5.96. The number of H-pyrrole nitrogens is 1. The van der Waals surface area contributed by atoms with Crippen molar-refractivity contribution in [1.29, 1.82) is 0 Å². The van der Waals surface area contributed by atoms with Crippen molar-refractivity contribution >= 4 is 11.7 Å². The van der Waals surface area contributed by atoms with E-state index in [1.165, 1.54) is 0 Å². The van der Waals surface area contributed by atoms with Crippen molar-refractivity contribution in [2.24, 2.45) is 0 Å². The number of aryl methyl sites for hydroxylation is 2. The fraction of sp³-hybridized carbons (Fsp3) is 0.333. The van der Waals surface area contributed by atoms with Gasteiger partial charge in [-0.25, -0.2) is 0 Å². The summed E-state index contributed by atoms with van der Waals surface area (Å²) >= 11 is 0. The summed E-state index contributed by atoms with van der Waals surface area (Å²) < 4.78 is 5.23. The number of aromatic nitrogens is 2. The molecule has 1 aromatic heterocycles. The Kier molecular flexibility index (Phi) is 5.74. The maximum Gasteiger partial charge on any atom is 0.251 e. The number of methoxy groups -OCH3 is 1. The number of amides is 1. The zero-order valence-corrected chi connectivity index (χ0v) is 17.7. The molecule has 1 fully saturated rings. The van der Waals surface area contributed by atoms with E-state index in [4.69, 9.17) is 4.74 Å². The van der Waals surface area contributed by atoms with E-state index in [-0.39, 0.29) is 11.9 Å². The molecule has 0 radical (unpaired) electrons. The Morgan fingerprint density at radius 2 is 1.97 bits per heavy atom. The third-order valence-electron chi connectivity index (χ3n) is 5.68. The van der Waals surface area contributed by atoms with Gasteiger partial charge < -0.3 is 15.0 Å². The van der Waals surface area contributed by atoms with Crippen molar-refractivity contribution in [3.8, 4) is 17.0 Å². The summed E-state index contributed by atoms with van der Waals surface area (Å²) in [6.07, 6.45) is 1.99. The number of carbonyl (C=O) groups excluding carboxylic acids is 1. The Labute approximate surface area is 177 Å². The fourth-order valence-corrected chi connectivity index (χ4v) is 3.94. The summed E-state index contributed by atoms with van der Waals surface area (Å²) in [6.45, 7) is 5.68. The van der Waals surface area contributed by atoms with Gasteiger partial charge in [-0.15, -0.1) is 0 Å². The van der Waals surface area contributed by atoms with Crippen LogP contribution in [0.3, 0.4) is 0 Å². The van der Waals surface area contributed by atoms with Crippen LogP contribution in [0.25, 0.3) is 11.3 Å². The van der Waals surface area contributed by atoms with Gasteiger partial charge in [-0.05, 0) is 68.1 Å². The topological polar surface area (TPSA) is 70.2 Å². The maximum atomic E-state index is 12.8. The molecule has 2 aromatic carbocycles. The molecule has 156 valence electrons. The molecular weight excluding hydrogens is 376 g/mol. The van der Waals surface area contributed by atoms with Crippen LogP contribution in [0.4, 0.5) is 5.82 Å². The monoisotopic (exact) mass is 404 g/mol. The zero-order valence-electron chi connectivity index (χ0n) is 17.7. The number of piperidine rings is 1. The number of hydrogen-bond acceptors (Lipinski definition) is 4. The van der Waals surface area contributed by atoms with Gasteiger partial charge in [0.05, 0.1) is 12.8 Å². The van der Waals surface area contributed by atoms with Gasteiger partial charge in [0.15, 0.2) is 5.82 Å². The highest BCUT2D eigenvalue weighted by Gasteiger charge is 2.24. The predicted molar refractivity (Wildman–Crippen MR) is 119 cm³/mol. The Balaban J connectivity index is 1.43. The normalized spacial score (nSPS) is 16.4. The van der Waals surface area contributed by atoms with Crippen molar-refractivity contribution in [1.82, 2.24) is 15.5 Å². The largest absolute Gasteiger partial charge is 0.497 e. The molecule has 0 saturated carbocycles. The van der Waals surface area contributed by atoms with E-state index < -0.39 is 0 Å². The van der Waals surface area contributed by atoms with Gasteiger partial charge in [-0.2, -0.15) is 5.10 Å². The quantitative estimate of drug-likeness (QED) is 0.672. The third-order valence-corrected chi connectivity index (χ3v) is 5.68. The standard InChI is InChI=1S/C24H28N4O2/c1-16-6-7-17(2)21(13-16)24(29)25-19-5-4-12-28(15-19)23-14-22(26-27-23)18-8-10-20(30-3)11-9-18/h6-11,13-14,19H,4-5,12,15H2,1-3H3,(H,25,29)(H,26,27)/t19-/m1/s1. The molecule has 1 aliphatic rings. The van der Waals surface area contributed by atoms with Gasteiger partial charge in [0.1, 0.15) is 5.75 Å². The average Bonchev–Trinajstić information content (AvgIpc) is 3.26. The first-order valence-electron chi connectivity index (χ1n) is 10.4. The lowest BCUT2D eigenvalue weighted by Gasteiger charge is -2.33. The van der Waals surface area contributed by atoms with Crippen molar-refractivity contribution in [3.63, 3.8) is 0 Å². The van der Waals surface area contributed by atoms with Crippen LogP contribution in [0.15, 0.2) is 48.5 Å². The Morgan fingerprint density at radius 1 is 1.17 bits per heavy atom. The third kappa shape index (κ3) is 4.32. The molecule has 2 N–H and O–H groups in total. The minimum absolute atomic E-state index is 0.00370. The summed E-state index contributed by atoms with van der Waals surface area (Å²) in [7, 11) is 1.66. The Bertz CT molecular complexity index is 1030. The van der Waals surface area contributed by atoms with E-state index in [9.17, 15) is 4.79 Å². The van der Waals surface area contributed by atoms with Crippen LogP contribution in [0.5, 0.6) is 5.75 Å². The van der Waals surface area contributed by atoms with Crippen molar-refractivity contribution < 1.29 is 9.53 Å². The Hall–Kier alpha value is -3.28. The first-order chi connectivity index (χ1) is 14.5. The number of benzene rings is 2. The molecule has 1 saturated heterocycles. The van der Waals surface area contributed by atoms with Gasteiger partial charge in [0.25, 0.3) is 5.91 Å². The minimum atomic E-state index is 0.00370. The fourth-order valence-electron chi connectivity index (χ4n) is 3.94. The molecular formula is C24H28N4O2. The van der Waals surface area contributed by atoms with E-state index >= 15 is 0 Å². The van der Waals surface area contributed by atoms with E-state index in [1.54, 1.807) is 7.11 Å². The second-order valence-electron chi connectivity index (χ2n) is 7.95. The van der Waals surface area contributed by atoms with Crippen LogP contribution in [0, 0.1) is 13.8 Å². The molecule has 1 aliphatic heterocycles. The van der Waals surface area contributed by atoms with Gasteiger partial charge >= 0.3 is 0 Å². The van der Waals surface area contributed by atoms with E-state index in [0.717, 1.165) is 65.4 Å². The highest BCUT2D eigenvalue weighted by atomic mass is 16.5. The van der Waals surface area contributed by atoms with Gasteiger partial charge in [0, 0.05) is 30.8 Å². The van der Waals surface area contributed by atoms with Crippen LogP contribution in [-0.4, -0.2) is 42.3 Å². The average molecular weight is 405 g/mol. The zero-order chi connectivity index (χ0) is 21.1. The predicted octanol–water partition coefficient (Wildman–Crippen LogP) is 4.10. The number of rotatable bonds is 5. The van der Waals surface area contributed by atoms with Crippen LogP contribution >= 0.6 is 0 Å². The molecule has 0 unspecified atom stereocenters. The lowest BCUT2D eigenvalue weighted by atomic mass is 10.0. The number of aromatic amines is 1. The molecule has 4 rings (SSSR count). The second kappa shape index (κ2) is 8.61. The second-order valence-corrected chi connectivity index (χ2v) is 7.95. The molecule has 1 atom stereocenters. The molecule has 2 heterocycles. The summed E-state index contributed by atoms with van der Waals surface area (Å²) in [5.41, 5.74) is 4.88. The maximum absolute atomic E-state index is 12.8. The number of hydrogen-bond donors (Lipinski definition) is 2. The number of nitrogens with one attached hydrogen (secondary N) is 2. The lowest BCUT2D eigenvalue weighted by molar-refractivity contribution is 0.0932. The molecule has 6 heteroatoms. The summed E-state index contributed by atoms with van der Waals surface area (Å²) in [4.78, 5) is 15.0. The van der Waals surface area contributed by atoms with E-state index in [0.29, 0.717) is 0 Å². The van der Waals surface area contributed by atoms with Gasteiger partial charge in [-0.1, -0.05) is 17.7 Å².